The van der Waals surface area contributed by atoms with Gasteiger partial charge in [0.2, 0.25) is 5.91 Å². The molecule has 2 unspecified atom stereocenters. The molecule has 6 rings (SSSR count). The predicted molar refractivity (Wildman–Crippen MR) is 148 cm³/mol. The summed E-state index contributed by atoms with van der Waals surface area (Å²) in [5.74, 6) is -3.82. The van der Waals surface area contributed by atoms with Gasteiger partial charge in [0.1, 0.15) is 29.7 Å². The zero-order valence-electron chi connectivity index (χ0n) is 22.9. The molecule has 2 amide bonds. The normalized spacial score (nSPS) is 19.7. The largest absolute Gasteiger partial charge is 0.366 e. The Bertz CT molecular complexity index is 1660. The standard InChI is InChI=1S/C31H28F5N5O2/c32-19-8-15(9-20(33)13-19)10-24(27-21(2-1-7-38-27)16-5-6-23(34)22(12-16)31(37)43)39-25(42)14-41-29-18-4-3-17(11-18)26(29)28(40-41)30(35)36/h5-9,12-13,17-18,24,30H,1-4,10-11,14H2,(H2,37,43)(H,39,42)/t17?,18?,24-/m0/s1. The molecule has 1 aromatic heterocycles. The quantitative estimate of drug-likeness (QED) is 0.309. The number of hydrogen-bond acceptors (Lipinski definition) is 4. The summed E-state index contributed by atoms with van der Waals surface area (Å²) in [6.45, 7) is -0.332. The third kappa shape index (κ3) is 5.57. The number of aromatic nitrogens is 2. The highest BCUT2D eigenvalue weighted by molar-refractivity contribution is 5.94. The molecule has 43 heavy (non-hydrogen) atoms. The van der Waals surface area contributed by atoms with Crippen molar-refractivity contribution in [1.82, 2.24) is 15.1 Å². The summed E-state index contributed by atoms with van der Waals surface area (Å²) in [5.41, 5.74) is 7.60. The van der Waals surface area contributed by atoms with Crippen LogP contribution in [0.1, 0.15) is 88.8 Å². The van der Waals surface area contributed by atoms with Crippen LogP contribution < -0.4 is 11.1 Å². The van der Waals surface area contributed by atoms with Gasteiger partial charge in [-0.2, -0.15) is 5.10 Å². The van der Waals surface area contributed by atoms with Crippen molar-refractivity contribution >= 4 is 23.6 Å². The van der Waals surface area contributed by atoms with E-state index in [1.54, 1.807) is 6.21 Å². The first-order chi connectivity index (χ1) is 20.6. The Balaban J connectivity index is 1.36. The third-order valence-electron chi connectivity index (χ3n) is 8.46. The van der Waals surface area contributed by atoms with Gasteiger partial charge >= 0.3 is 0 Å². The van der Waals surface area contributed by atoms with E-state index in [4.69, 9.17) is 5.73 Å². The maximum absolute atomic E-state index is 14.3. The molecule has 1 saturated carbocycles. The Kier molecular flexibility index (Phi) is 7.61. The molecule has 3 atom stereocenters. The molecule has 0 radical (unpaired) electrons. The number of benzene rings is 2. The van der Waals surface area contributed by atoms with Crippen molar-refractivity contribution in [1.29, 1.82) is 0 Å². The summed E-state index contributed by atoms with van der Waals surface area (Å²) in [7, 11) is 0. The van der Waals surface area contributed by atoms with E-state index in [-0.39, 0.29) is 41.6 Å². The first kappa shape index (κ1) is 28.8. The molecule has 1 fully saturated rings. The minimum Gasteiger partial charge on any atom is -0.366 e. The van der Waals surface area contributed by atoms with Crippen LogP contribution in [0.4, 0.5) is 22.0 Å². The maximum atomic E-state index is 14.3. The van der Waals surface area contributed by atoms with Gasteiger partial charge in [0.25, 0.3) is 12.3 Å². The van der Waals surface area contributed by atoms with Crippen molar-refractivity contribution in [2.45, 2.75) is 69.4 Å². The Hall–Kier alpha value is -4.35. The fourth-order valence-corrected chi connectivity index (χ4v) is 6.76. The van der Waals surface area contributed by atoms with Crippen LogP contribution in [0.3, 0.4) is 0 Å². The van der Waals surface area contributed by atoms with Crippen molar-refractivity contribution in [3.05, 3.63) is 93.2 Å². The van der Waals surface area contributed by atoms with Crippen LogP contribution in [0.25, 0.3) is 5.57 Å². The minimum absolute atomic E-state index is 0.0155. The van der Waals surface area contributed by atoms with Crippen LogP contribution in [0.2, 0.25) is 0 Å². The number of aliphatic imine (C=N–C) groups is 1. The number of nitrogens with one attached hydrogen (secondary N) is 1. The molecular weight excluding hydrogens is 569 g/mol. The molecular formula is C31H28F5N5O2. The van der Waals surface area contributed by atoms with E-state index in [1.165, 1.54) is 16.8 Å². The number of allylic oxidation sites excluding steroid dienone is 1. The average molecular weight is 598 g/mol. The smallest absolute Gasteiger partial charge is 0.282 e. The van der Waals surface area contributed by atoms with Gasteiger partial charge in [-0.15, -0.1) is 0 Å². The second kappa shape index (κ2) is 11.4. The fourth-order valence-electron chi connectivity index (χ4n) is 6.76. The van der Waals surface area contributed by atoms with E-state index in [1.807, 2.05) is 0 Å². The van der Waals surface area contributed by atoms with Gasteiger partial charge in [-0.1, -0.05) is 6.07 Å². The monoisotopic (exact) mass is 597 g/mol. The van der Waals surface area contributed by atoms with Crippen LogP contribution in [-0.4, -0.2) is 33.9 Å². The number of fused-ring (bicyclic) bond motifs is 5. The number of nitrogens with zero attached hydrogens (tertiary/aromatic N) is 3. The van der Waals surface area contributed by atoms with Crippen molar-refractivity contribution in [2.24, 2.45) is 10.7 Å². The van der Waals surface area contributed by atoms with Gasteiger partial charge in [-0.3, -0.25) is 19.3 Å². The van der Waals surface area contributed by atoms with Gasteiger partial charge in [0.05, 0.1) is 17.3 Å². The predicted octanol–water partition coefficient (Wildman–Crippen LogP) is 5.71. The van der Waals surface area contributed by atoms with Gasteiger partial charge < -0.3 is 11.1 Å². The molecule has 2 aromatic carbocycles. The van der Waals surface area contributed by atoms with Gasteiger partial charge in [-0.25, -0.2) is 22.0 Å². The molecule has 2 heterocycles. The molecule has 3 N–H and O–H groups in total. The van der Waals surface area contributed by atoms with Gasteiger partial charge in [0, 0.05) is 29.5 Å². The molecule has 2 aliphatic carbocycles. The third-order valence-corrected chi connectivity index (χ3v) is 8.46. The van der Waals surface area contributed by atoms with Crippen molar-refractivity contribution in [3.8, 4) is 0 Å². The van der Waals surface area contributed by atoms with E-state index in [0.29, 0.717) is 40.9 Å². The first-order valence-electron chi connectivity index (χ1n) is 14.1. The number of carbonyl (C=O) groups excluding carboxylic acids is 2. The summed E-state index contributed by atoms with van der Waals surface area (Å²) in [6, 6.07) is 5.98. The number of nitrogens with two attached hydrogens (primary N) is 1. The summed E-state index contributed by atoms with van der Waals surface area (Å²) in [4.78, 5) is 29.9. The van der Waals surface area contributed by atoms with Crippen molar-refractivity contribution in [2.75, 3.05) is 0 Å². The molecule has 12 heteroatoms. The highest BCUT2D eigenvalue weighted by Gasteiger charge is 2.44. The second-order valence-electron chi connectivity index (χ2n) is 11.2. The van der Waals surface area contributed by atoms with Crippen LogP contribution in [0, 0.1) is 17.5 Å². The number of halogens is 5. The summed E-state index contributed by atoms with van der Waals surface area (Å²) >= 11 is 0. The molecule has 224 valence electrons. The van der Waals surface area contributed by atoms with Gasteiger partial charge in [0.15, 0.2) is 0 Å². The van der Waals surface area contributed by atoms with E-state index in [2.05, 4.69) is 15.4 Å². The van der Waals surface area contributed by atoms with E-state index in [0.717, 1.165) is 43.5 Å². The van der Waals surface area contributed by atoms with Crippen molar-refractivity contribution in [3.63, 3.8) is 0 Å². The number of rotatable bonds is 9. The van der Waals surface area contributed by atoms with Crippen LogP contribution in [-0.2, 0) is 17.8 Å². The lowest BCUT2D eigenvalue weighted by molar-refractivity contribution is -0.122. The molecule has 3 aliphatic rings. The number of alkyl halides is 2. The van der Waals surface area contributed by atoms with Crippen molar-refractivity contribution < 1.29 is 31.5 Å². The van der Waals surface area contributed by atoms with Crippen LogP contribution in [0.15, 0.2) is 47.1 Å². The fraction of sp³-hybridized carbons (Fsp3) is 0.355. The number of carbonyl (C=O) groups is 2. The molecule has 0 saturated heterocycles. The topological polar surface area (TPSA) is 102 Å². The highest BCUT2D eigenvalue weighted by atomic mass is 19.3. The molecule has 2 bridgehead atoms. The lowest BCUT2D eigenvalue weighted by atomic mass is 9.91. The molecule has 3 aromatic rings. The second-order valence-corrected chi connectivity index (χ2v) is 11.2. The maximum Gasteiger partial charge on any atom is 0.282 e. The number of primary amides is 1. The molecule has 0 spiro atoms. The lowest BCUT2D eigenvalue weighted by Gasteiger charge is -2.25. The average Bonchev–Trinajstić information content (AvgIpc) is 3.66. The lowest BCUT2D eigenvalue weighted by Crippen LogP contribution is -2.40. The summed E-state index contributed by atoms with van der Waals surface area (Å²) in [6.07, 6.45) is 2.15. The van der Waals surface area contributed by atoms with Gasteiger partial charge in [-0.05, 0) is 85.4 Å². The Morgan fingerprint density at radius 2 is 1.79 bits per heavy atom. The minimum atomic E-state index is -2.77. The van der Waals surface area contributed by atoms with Crippen LogP contribution in [0.5, 0.6) is 0 Å². The summed E-state index contributed by atoms with van der Waals surface area (Å²) < 4.78 is 71.6. The molecule has 7 nitrogen and oxygen atoms in total. The van der Waals surface area contributed by atoms with E-state index in [9.17, 15) is 31.5 Å². The van der Waals surface area contributed by atoms with E-state index < -0.39 is 41.7 Å². The highest BCUT2D eigenvalue weighted by Crippen LogP contribution is 2.55. The summed E-state index contributed by atoms with van der Waals surface area (Å²) in [5, 5.41) is 7.00. The zero-order valence-corrected chi connectivity index (χ0v) is 22.9. The zero-order chi connectivity index (χ0) is 30.4. The first-order valence-corrected chi connectivity index (χ1v) is 14.1. The number of hydrogen-bond donors (Lipinski definition) is 2. The SMILES string of the molecule is NC(=O)c1cc(C2=C([C@H](Cc3cc(F)cc(F)c3)NC(=O)Cn3nc(C(F)F)c4c3C3CCC4C3)N=CCC2)ccc1F. The Morgan fingerprint density at radius 3 is 2.51 bits per heavy atom. The molecule has 1 aliphatic heterocycles. The Labute approximate surface area is 243 Å². The Morgan fingerprint density at radius 1 is 1.05 bits per heavy atom. The number of amides is 2. The van der Waals surface area contributed by atoms with Crippen LogP contribution >= 0.6 is 0 Å². The van der Waals surface area contributed by atoms with E-state index >= 15 is 0 Å².